The average Bonchev–Trinajstić information content (AvgIpc) is 1.88. The summed E-state index contributed by atoms with van der Waals surface area (Å²) >= 11 is 0. The van der Waals surface area contributed by atoms with Gasteiger partial charge in [-0.2, -0.15) is 5.48 Å². The highest BCUT2D eigenvalue weighted by Crippen LogP contribution is 2.08. The lowest BCUT2D eigenvalue weighted by molar-refractivity contribution is 0.0274. The third kappa shape index (κ3) is 4.77. The van der Waals surface area contributed by atoms with Gasteiger partial charge in [0, 0.05) is 6.54 Å². The first-order chi connectivity index (χ1) is 4.68. The number of rotatable bonds is 5. The van der Waals surface area contributed by atoms with Crippen molar-refractivity contribution in [3.63, 3.8) is 0 Å². The van der Waals surface area contributed by atoms with Crippen molar-refractivity contribution in [2.24, 2.45) is 11.8 Å². The predicted octanol–water partition coefficient (Wildman–Crippen LogP) is 1.98. The van der Waals surface area contributed by atoms with E-state index in [9.17, 15) is 0 Å². The summed E-state index contributed by atoms with van der Waals surface area (Å²) in [4.78, 5) is 5.10. The third-order valence-electron chi connectivity index (χ3n) is 1.69. The monoisotopic (exact) mass is 144 g/mol. The first kappa shape index (κ1) is 9.92. The van der Waals surface area contributed by atoms with Crippen molar-refractivity contribution >= 4 is 0 Å². The molecular weight excluding hydrogens is 126 g/mol. The van der Waals surface area contributed by atoms with Gasteiger partial charge in [0.25, 0.3) is 0 Å². The molecule has 2 nitrogen and oxygen atoms in total. The van der Waals surface area contributed by atoms with Gasteiger partial charge in [-0.25, -0.2) is 0 Å². The molecule has 0 heterocycles. The first-order valence-electron chi connectivity index (χ1n) is 3.83. The van der Waals surface area contributed by atoms with Crippen LogP contribution >= 0.6 is 0 Å². The van der Waals surface area contributed by atoms with Crippen LogP contribution in [0.15, 0.2) is 0 Å². The molecule has 0 aromatic heterocycles. The normalized spacial score (nSPS) is 14.1. The summed E-state index contributed by atoms with van der Waals surface area (Å²) in [6, 6.07) is 0. The fourth-order valence-electron chi connectivity index (χ4n) is 0.455. The van der Waals surface area contributed by atoms with Crippen molar-refractivity contribution in [2.75, 3.05) is 6.61 Å². The van der Waals surface area contributed by atoms with Crippen LogP contribution in [0.3, 0.4) is 0 Å². The molecule has 1 N–H and O–H groups in total. The molecule has 0 aromatic carbocycles. The highest BCUT2D eigenvalue weighted by molar-refractivity contribution is 4.54. The van der Waals surface area contributed by atoms with E-state index in [0.29, 0.717) is 11.8 Å². The van der Waals surface area contributed by atoms with Crippen molar-refractivity contribution in [3.05, 3.63) is 6.54 Å². The standard InChI is InChI=1S/C8H18NO/c1-5-9-10-6-8(4)7(2)3/h5,7-9H,6H2,1-4H3. The molecular formula is C8H18NO. The fraction of sp³-hybridized carbons (Fsp3) is 0.875. The van der Waals surface area contributed by atoms with E-state index in [1.165, 1.54) is 0 Å². The number of hydroxylamine groups is 1. The van der Waals surface area contributed by atoms with Gasteiger partial charge in [-0.1, -0.05) is 20.8 Å². The lowest BCUT2D eigenvalue weighted by Gasteiger charge is -2.14. The smallest absolute Gasteiger partial charge is 0.0710 e. The minimum Gasteiger partial charge on any atom is -0.301 e. The van der Waals surface area contributed by atoms with Gasteiger partial charge in [-0.05, 0) is 18.8 Å². The summed E-state index contributed by atoms with van der Waals surface area (Å²) in [5, 5.41) is 0. The minimum absolute atomic E-state index is 0.618. The van der Waals surface area contributed by atoms with Crippen molar-refractivity contribution in [2.45, 2.75) is 27.7 Å². The highest BCUT2D eigenvalue weighted by atomic mass is 16.6. The zero-order valence-corrected chi connectivity index (χ0v) is 7.35. The summed E-state index contributed by atoms with van der Waals surface area (Å²) in [5.74, 6) is 1.31. The van der Waals surface area contributed by atoms with Crippen molar-refractivity contribution in [3.8, 4) is 0 Å². The molecule has 0 bridgehead atoms. The van der Waals surface area contributed by atoms with E-state index in [2.05, 4.69) is 26.3 Å². The molecule has 2 heteroatoms. The molecule has 0 aliphatic rings. The Morgan fingerprint density at radius 2 is 2.00 bits per heavy atom. The molecule has 1 atom stereocenters. The Bertz CT molecular complexity index is 73.7. The van der Waals surface area contributed by atoms with Crippen LogP contribution in [-0.2, 0) is 4.84 Å². The Labute approximate surface area is 63.9 Å². The van der Waals surface area contributed by atoms with E-state index >= 15 is 0 Å². The summed E-state index contributed by atoms with van der Waals surface area (Å²) in [6.07, 6.45) is 0. The van der Waals surface area contributed by atoms with Crippen LogP contribution in [0.2, 0.25) is 0 Å². The van der Waals surface area contributed by atoms with Gasteiger partial charge in [0.1, 0.15) is 0 Å². The van der Waals surface area contributed by atoms with Crippen molar-refractivity contribution < 1.29 is 4.84 Å². The van der Waals surface area contributed by atoms with E-state index in [0.717, 1.165) is 6.61 Å². The maximum absolute atomic E-state index is 5.10. The summed E-state index contributed by atoms with van der Waals surface area (Å²) in [6.45, 7) is 11.0. The molecule has 0 saturated heterocycles. The molecule has 1 unspecified atom stereocenters. The molecule has 0 fully saturated rings. The first-order valence-corrected chi connectivity index (χ1v) is 3.83. The number of nitrogens with one attached hydrogen (secondary N) is 1. The molecule has 10 heavy (non-hydrogen) atoms. The largest absolute Gasteiger partial charge is 0.301 e. The van der Waals surface area contributed by atoms with Crippen LogP contribution in [0.25, 0.3) is 0 Å². The van der Waals surface area contributed by atoms with Crippen LogP contribution in [-0.4, -0.2) is 6.61 Å². The molecule has 0 amide bonds. The molecule has 0 spiro atoms. The molecule has 0 rings (SSSR count). The van der Waals surface area contributed by atoms with Crippen molar-refractivity contribution in [1.29, 1.82) is 0 Å². The van der Waals surface area contributed by atoms with Gasteiger partial charge < -0.3 is 4.84 Å². The Morgan fingerprint density at radius 3 is 2.40 bits per heavy atom. The molecule has 1 radical (unpaired) electrons. The summed E-state index contributed by atoms with van der Waals surface area (Å²) < 4.78 is 0. The van der Waals surface area contributed by atoms with Crippen LogP contribution in [0.4, 0.5) is 0 Å². The minimum atomic E-state index is 0.618. The lowest BCUT2D eigenvalue weighted by atomic mass is 10.00. The van der Waals surface area contributed by atoms with Gasteiger partial charge in [0.15, 0.2) is 0 Å². The molecule has 0 aromatic rings. The van der Waals surface area contributed by atoms with E-state index in [1.807, 2.05) is 6.92 Å². The topological polar surface area (TPSA) is 21.3 Å². The Hall–Kier alpha value is -0.0800. The highest BCUT2D eigenvalue weighted by Gasteiger charge is 2.05. The third-order valence-corrected chi connectivity index (χ3v) is 1.69. The zero-order chi connectivity index (χ0) is 7.98. The van der Waals surface area contributed by atoms with Gasteiger partial charge in [0.2, 0.25) is 0 Å². The van der Waals surface area contributed by atoms with Crippen LogP contribution in [0.5, 0.6) is 0 Å². The van der Waals surface area contributed by atoms with Gasteiger partial charge in [-0.15, -0.1) is 0 Å². The molecule has 0 aliphatic heterocycles. The van der Waals surface area contributed by atoms with Crippen LogP contribution in [0.1, 0.15) is 27.7 Å². The summed E-state index contributed by atoms with van der Waals surface area (Å²) in [7, 11) is 0. The van der Waals surface area contributed by atoms with Gasteiger partial charge in [0.05, 0.1) is 6.61 Å². The molecule has 0 aliphatic carbocycles. The second-order valence-corrected chi connectivity index (χ2v) is 2.94. The zero-order valence-electron chi connectivity index (χ0n) is 7.35. The van der Waals surface area contributed by atoms with E-state index in [4.69, 9.17) is 4.84 Å². The second kappa shape index (κ2) is 5.69. The Kier molecular flexibility index (Phi) is 5.64. The van der Waals surface area contributed by atoms with E-state index in [-0.39, 0.29) is 0 Å². The van der Waals surface area contributed by atoms with E-state index in [1.54, 1.807) is 6.54 Å². The average molecular weight is 144 g/mol. The lowest BCUT2D eigenvalue weighted by Crippen LogP contribution is -2.18. The van der Waals surface area contributed by atoms with Gasteiger partial charge in [-0.3, -0.25) is 0 Å². The quantitative estimate of drug-likeness (QED) is 0.470. The second-order valence-electron chi connectivity index (χ2n) is 2.94. The Morgan fingerprint density at radius 1 is 1.40 bits per heavy atom. The van der Waals surface area contributed by atoms with Crippen LogP contribution in [0, 0.1) is 18.4 Å². The van der Waals surface area contributed by atoms with Crippen molar-refractivity contribution in [1.82, 2.24) is 5.48 Å². The van der Waals surface area contributed by atoms with E-state index < -0.39 is 0 Å². The number of hydrogen-bond acceptors (Lipinski definition) is 2. The van der Waals surface area contributed by atoms with Gasteiger partial charge >= 0.3 is 0 Å². The molecule has 0 saturated carbocycles. The Balaban J connectivity index is 3.13. The summed E-state index contributed by atoms with van der Waals surface area (Å²) in [5.41, 5.74) is 2.71. The maximum atomic E-state index is 5.10. The predicted molar refractivity (Wildman–Crippen MR) is 43.1 cm³/mol. The SMILES string of the molecule is C[CH]NOCC(C)C(C)C. The van der Waals surface area contributed by atoms with Crippen LogP contribution < -0.4 is 5.48 Å². The fourth-order valence-corrected chi connectivity index (χ4v) is 0.455. The molecule has 61 valence electrons. The maximum Gasteiger partial charge on any atom is 0.0710 e. The number of hydrogen-bond donors (Lipinski definition) is 1.